The van der Waals surface area contributed by atoms with E-state index in [0.29, 0.717) is 22.4 Å². The van der Waals surface area contributed by atoms with Gasteiger partial charge < -0.3 is 5.11 Å². The maximum absolute atomic E-state index is 11.7. The van der Waals surface area contributed by atoms with Gasteiger partial charge in [-0.1, -0.05) is 60.2 Å². The highest BCUT2D eigenvalue weighted by molar-refractivity contribution is 7.89. The fourth-order valence-corrected chi connectivity index (χ4v) is 6.05. The van der Waals surface area contributed by atoms with Gasteiger partial charge in [-0.2, -0.15) is 9.65 Å². The molecule has 202 valence electrons. The van der Waals surface area contributed by atoms with E-state index in [1.807, 2.05) is 28.9 Å². The molecule has 0 amide bonds. The molecule has 6 rings (SSSR count). The maximum Gasteiger partial charge on any atom is 0.355 e. The Morgan fingerprint density at radius 1 is 1.05 bits per heavy atom. The zero-order valence-electron chi connectivity index (χ0n) is 21.9. The van der Waals surface area contributed by atoms with E-state index >= 15 is 0 Å². The number of carboxylic acids is 1. The first-order chi connectivity index (χ1) is 19.4. The topological polar surface area (TPSA) is 114 Å². The Morgan fingerprint density at radius 2 is 1.77 bits per heavy atom. The number of nitrogens with two attached hydrogens (primary N) is 1. The summed E-state index contributed by atoms with van der Waals surface area (Å²) in [6, 6.07) is 24.6. The minimum Gasteiger partial charge on any atom is -0.476 e. The van der Waals surface area contributed by atoms with Crippen LogP contribution in [0.15, 0.2) is 83.1 Å². The molecule has 1 saturated carbocycles. The molecule has 5 aromatic rings. The standard InChI is InChI=1S/C31H28N4O3S2/c1-19-5-11-22(12-6-19)23-3-2-4-24(17-23)29-26(15-20-9-13-25(14-10-20)40(32)38)27(16-21-7-8-21)34-35(29)31-33-28(18-39-31)30(36)37/h2-6,9-14,17-18,21,38H,7-8,15-16,32H2,1H3/p+1. The average molecular weight is 570 g/mol. The molecule has 0 bridgehead atoms. The molecule has 2 aromatic heterocycles. The van der Waals surface area contributed by atoms with Gasteiger partial charge in [-0.05, 0) is 67.0 Å². The van der Waals surface area contributed by atoms with Crippen molar-refractivity contribution in [3.63, 3.8) is 0 Å². The number of aromatic carboxylic acids is 1. The summed E-state index contributed by atoms with van der Waals surface area (Å²) in [5, 5.41) is 22.4. The Morgan fingerprint density at radius 3 is 2.42 bits per heavy atom. The molecule has 1 aliphatic rings. The predicted octanol–water partition coefficient (Wildman–Crippen LogP) is 6.54. The first-order valence-corrected chi connectivity index (χ1v) is 15.2. The van der Waals surface area contributed by atoms with Gasteiger partial charge in [0.1, 0.15) is 0 Å². The summed E-state index contributed by atoms with van der Waals surface area (Å²) < 4.78 is 11.6. The lowest BCUT2D eigenvalue weighted by atomic mass is 9.95. The number of carboxylic acid groups (broad SMARTS) is 1. The van der Waals surface area contributed by atoms with Gasteiger partial charge in [0.15, 0.2) is 5.69 Å². The predicted molar refractivity (Wildman–Crippen MR) is 160 cm³/mol. The number of carbonyl (C=O) groups is 1. The molecule has 1 atom stereocenters. The van der Waals surface area contributed by atoms with Gasteiger partial charge >= 0.3 is 5.97 Å². The van der Waals surface area contributed by atoms with Crippen molar-refractivity contribution >= 4 is 28.7 Å². The molecule has 0 radical (unpaired) electrons. The first-order valence-electron chi connectivity index (χ1n) is 13.1. The van der Waals surface area contributed by atoms with Gasteiger partial charge in [-0.25, -0.2) is 14.5 Å². The molecule has 1 aliphatic carbocycles. The molecular formula is C31H29N4O3S2+. The van der Waals surface area contributed by atoms with Crippen LogP contribution in [-0.2, 0) is 24.2 Å². The summed E-state index contributed by atoms with van der Waals surface area (Å²) in [6.45, 7) is 2.08. The van der Waals surface area contributed by atoms with Gasteiger partial charge in [-0.15, -0.1) is 16.5 Å². The summed E-state index contributed by atoms with van der Waals surface area (Å²) in [6.07, 6.45) is 3.88. The largest absolute Gasteiger partial charge is 0.476 e. The summed E-state index contributed by atoms with van der Waals surface area (Å²) in [5.74, 6) is -0.449. The minimum atomic E-state index is -1.29. The van der Waals surface area contributed by atoms with Crippen LogP contribution in [0.25, 0.3) is 27.5 Å². The highest BCUT2D eigenvalue weighted by atomic mass is 32.2. The first kappa shape index (κ1) is 26.5. The number of hydrogen-bond acceptors (Lipinski definition) is 6. The van der Waals surface area contributed by atoms with Crippen LogP contribution < -0.4 is 5.14 Å². The van der Waals surface area contributed by atoms with Crippen LogP contribution in [0.3, 0.4) is 0 Å². The van der Waals surface area contributed by atoms with Crippen molar-refractivity contribution in [2.75, 3.05) is 0 Å². The minimum absolute atomic E-state index is 0.0110. The summed E-state index contributed by atoms with van der Waals surface area (Å²) in [7, 11) is 0. The monoisotopic (exact) mass is 569 g/mol. The van der Waals surface area contributed by atoms with Gasteiger partial charge in [0.05, 0.1) is 11.4 Å². The number of thiazole rings is 1. The van der Waals surface area contributed by atoms with Crippen LogP contribution in [0.2, 0.25) is 0 Å². The highest BCUT2D eigenvalue weighted by Crippen LogP contribution is 2.39. The van der Waals surface area contributed by atoms with E-state index in [4.69, 9.17) is 10.2 Å². The number of aromatic nitrogens is 3. The van der Waals surface area contributed by atoms with Crippen molar-refractivity contribution in [3.05, 3.63) is 106 Å². The van der Waals surface area contributed by atoms with E-state index in [9.17, 15) is 14.5 Å². The Bertz CT molecular complexity index is 1670. The zero-order valence-corrected chi connectivity index (χ0v) is 23.6. The van der Waals surface area contributed by atoms with Crippen molar-refractivity contribution < 1.29 is 14.5 Å². The molecular weight excluding hydrogens is 541 g/mol. The van der Waals surface area contributed by atoms with Gasteiger partial charge in [0.25, 0.3) is 11.4 Å². The summed E-state index contributed by atoms with van der Waals surface area (Å²) in [5.41, 5.74) is 8.52. The van der Waals surface area contributed by atoms with Crippen molar-refractivity contribution in [1.82, 2.24) is 14.8 Å². The van der Waals surface area contributed by atoms with Crippen LogP contribution in [0.4, 0.5) is 0 Å². The quantitative estimate of drug-likeness (QED) is 0.174. The molecule has 3 aromatic carbocycles. The summed E-state index contributed by atoms with van der Waals surface area (Å²) in [4.78, 5) is 16.8. The number of hydrogen-bond donors (Lipinski definition) is 3. The van der Waals surface area contributed by atoms with Crippen LogP contribution in [0, 0.1) is 12.8 Å². The molecule has 9 heteroatoms. The molecule has 4 N–H and O–H groups in total. The van der Waals surface area contributed by atoms with Crippen molar-refractivity contribution in [2.24, 2.45) is 11.1 Å². The fraction of sp³-hybridized carbons (Fsp3) is 0.194. The van der Waals surface area contributed by atoms with Crippen molar-refractivity contribution in [1.29, 1.82) is 0 Å². The lowest BCUT2D eigenvalue weighted by Crippen LogP contribution is -2.11. The number of benzene rings is 3. The average Bonchev–Trinajstić information content (AvgIpc) is 3.50. The number of aryl methyl sites for hydroxylation is 1. The van der Waals surface area contributed by atoms with Gasteiger partial charge in [0, 0.05) is 22.9 Å². The molecule has 0 aliphatic heterocycles. The van der Waals surface area contributed by atoms with E-state index in [1.54, 1.807) is 5.38 Å². The fourth-order valence-electron chi connectivity index (χ4n) is 4.88. The Hall–Kier alpha value is -3.76. The van der Waals surface area contributed by atoms with Crippen LogP contribution >= 0.6 is 11.3 Å². The molecule has 0 spiro atoms. The summed E-state index contributed by atoms with van der Waals surface area (Å²) >= 11 is -0.0102. The molecule has 2 heterocycles. The maximum atomic E-state index is 11.7. The number of nitrogens with zero attached hydrogens (tertiary/aromatic N) is 3. The highest BCUT2D eigenvalue weighted by Gasteiger charge is 2.29. The Labute approximate surface area is 239 Å². The molecule has 1 fully saturated rings. The SMILES string of the molecule is Cc1ccc(-c2cccc(-c3c(Cc4ccc([S+](N)O)cc4)c(CC4CC4)nn3-c3nc(C(=O)O)cs3)c2)cc1. The van der Waals surface area contributed by atoms with Crippen LogP contribution in [-0.4, -0.2) is 30.4 Å². The second kappa shape index (κ2) is 11.0. The zero-order chi connectivity index (χ0) is 27.8. The second-order valence-electron chi connectivity index (χ2n) is 10.2. The van der Waals surface area contributed by atoms with Crippen LogP contribution in [0.5, 0.6) is 0 Å². The van der Waals surface area contributed by atoms with E-state index in [2.05, 4.69) is 60.4 Å². The Balaban J connectivity index is 1.52. The lowest BCUT2D eigenvalue weighted by Gasteiger charge is -2.11. The van der Waals surface area contributed by atoms with E-state index in [-0.39, 0.29) is 5.69 Å². The third kappa shape index (κ3) is 5.59. The Kier molecular flexibility index (Phi) is 7.29. The van der Waals surface area contributed by atoms with Crippen LogP contribution in [0.1, 0.15) is 45.7 Å². The third-order valence-corrected chi connectivity index (χ3v) is 8.78. The van der Waals surface area contributed by atoms with E-state index in [0.717, 1.165) is 45.6 Å². The lowest BCUT2D eigenvalue weighted by molar-refractivity contribution is 0.0691. The van der Waals surface area contributed by atoms with Gasteiger partial charge in [0.2, 0.25) is 10.0 Å². The van der Waals surface area contributed by atoms with Crippen molar-refractivity contribution in [2.45, 2.75) is 37.5 Å². The normalized spacial score (nSPS) is 13.9. The number of rotatable bonds is 9. The van der Waals surface area contributed by atoms with Gasteiger partial charge in [-0.3, -0.25) is 0 Å². The molecule has 7 nitrogen and oxygen atoms in total. The third-order valence-electron chi connectivity index (χ3n) is 7.20. The van der Waals surface area contributed by atoms with Crippen molar-refractivity contribution in [3.8, 4) is 27.5 Å². The molecule has 40 heavy (non-hydrogen) atoms. The van der Waals surface area contributed by atoms with E-state index < -0.39 is 17.3 Å². The van der Waals surface area contributed by atoms with E-state index in [1.165, 1.54) is 29.7 Å². The smallest absolute Gasteiger partial charge is 0.355 e. The molecule has 1 unspecified atom stereocenters. The second-order valence-corrected chi connectivity index (χ2v) is 12.2. The molecule has 0 saturated heterocycles.